The topological polar surface area (TPSA) is 95.6 Å². The van der Waals surface area contributed by atoms with E-state index < -0.39 is 15.9 Å². The molecule has 0 saturated heterocycles. The number of hydrogen-bond donors (Lipinski definition) is 2. The smallest absolute Gasteiger partial charge is 0.240 e. The summed E-state index contributed by atoms with van der Waals surface area (Å²) in [4.78, 5) is 24.4. The first-order valence-corrected chi connectivity index (χ1v) is 8.73. The van der Waals surface area contributed by atoms with E-state index in [2.05, 4.69) is 10.0 Å². The number of ketones is 1. The third-order valence-electron chi connectivity index (χ3n) is 2.93. The number of Topliss-reactive ketones (excluding diaryl/α,β-unsaturated/α-hetero) is 1. The van der Waals surface area contributed by atoms with Crippen LogP contribution in [0.4, 0.5) is 5.69 Å². The van der Waals surface area contributed by atoms with Crippen molar-refractivity contribution in [2.45, 2.75) is 24.7 Å². The molecular formula is C15H23N3O4S. The molecule has 2 N–H and O–H groups in total. The maximum atomic E-state index is 12.1. The van der Waals surface area contributed by atoms with Crippen molar-refractivity contribution in [2.24, 2.45) is 0 Å². The lowest BCUT2D eigenvalue weighted by Gasteiger charge is -2.11. The third kappa shape index (κ3) is 7.36. The van der Waals surface area contributed by atoms with Crippen LogP contribution in [-0.4, -0.2) is 52.2 Å². The number of nitrogens with one attached hydrogen (secondary N) is 2. The second-order valence-electron chi connectivity index (χ2n) is 5.51. The summed E-state index contributed by atoms with van der Waals surface area (Å²) in [5.74, 6) is -0.654. The number of rotatable bonds is 9. The molecule has 0 atom stereocenters. The standard InChI is InChI=1S/C15H23N3O4S/c1-12(19)11-15(20)17-13-5-7-14(8-6-13)23(21,22)16-9-4-10-18(2)3/h5-8,16H,4,9-11H2,1-3H3,(H,17,20). The highest BCUT2D eigenvalue weighted by Crippen LogP contribution is 2.14. The van der Waals surface area contributed by atoms with Crippen LogP contribution in [0.5, 0.6) is 0 Å². The van der Waals surface area contributed by atoms with Gasteiger partial charge in [0, 0.05) is 12.2 Å². The SMILES string of the molecule is CC(=O)CC(=O)Nc1ccc(S(=O)(=O)NCCCN(C)C)cc1. The Labute approximate surface area is 137 Å². The molecule has 0 spiro atoms. The number of anilines is 1. The summed E-state index contributed by atoms with van der Waals surface area (Å²) < 4.78 is 26.7. The highest BCUT2D eigenvalue weighted by Gasteiger charge is 2.13. The van der Waals surface area contributed by atoms with Crippen LogP contribution in [0.25, 0.3) is 0 Å². The van der Waals surface area contributed by atoms with E-state index in [1.807, 2.05) is 19.0 Å². The summed E-state index contributed by atoms with van der Waals surface area (Å²) in [5, 5.41) is 2.54. The predicted molar refractivity (Wildman–Crippen MR) is 88.7 cm³/mol. The van der Waals surface area contributed by atoms with Crippen molar-refractivity contribution < 1.29 is 18.0 Å². The monoisotopic (exact) mass is 341 g/mol. The minimum atomic E-state index is -3.56. The summed E-state index contributed by atoms with van der Waals surface area (Å²) in [6.45, 7) is 2.48. The van der Waals surface area contributed by atoms with E-state index in [9.17, 15) is 18.0 Å². The van der Waals surface area contributed by atoms with E-state index in [0.29, 0.717) is 18.7 Å². The maximum Gasteiger partial charge on any atom is 0.240 e. The molecule has 0 aromatic heterocycles. The van der Waals surface area contributed by atoms with Crippen molar-refractivity contribution in [3.8, 4) is 0 Å². The summed E-state index contributed by atoms with van der Waals surface area (Å²) in [5.41, 5.74) is 0.447. The number of carbonyl (C=O) groups is 2. The van der Waals surface area contributed by atoms with E-state index in [4.69, 9.17) is 0 Å². The summed E-state index contributed by atoms with van der Waals surface area (Å²) in [7, 11) is 0.291. The molecule has 8 heteroatoms. The normalized spacial score (nSPS) is 11.5. The molecule has 0 heterocycles. The van der Waals surface area contributed by atoms with Gasteiger partial charge < -0.3 is 10.2 Å². The van der Waals surface area contributed by atoms with Crippen LogP contribution in [-0.2, 0) is 19.6 Å². The second kappa shape index (κ2) is 8.76. The van der Waals surface area contributed by atoms with Gasteiger partial charge in [0.2, 0.25) is 15.9 Å². The molecule has 23 heavy (non-hydrogen) atoms. The highest BCUT2D eigenvalue weighted by atomic mass is 32.2. The van der Waals surface area contributed by atoms with E-state index in [0.717, 1.165) is 6.54 Å². The number of hydrogen-bond acceptors (Lipinski definition) is 5. The van der Waals surface area contributed by atoms with Crippen LogP contribution >= 0.6 is 0 Å². The minimum Gasteiger partial charge on any atom is -0.326 e. The van der Waals surface area contributed by atoms with E-state index >= 15 is 0 Å². The molecule has 1 aromatic carbocycles. The van der Waals surface area contributed by atoms with Gasteiger partial charge in [-0.3, -0.25) is 9.59 Å². The Balaban J connectivity index is 2.60. The van der Waals surface area contributed by atoms with Gasteiger partial charge in [-0.25, -0.2) is 13.1 Å². The van der Waals surface area contributed by atoms with Crippen LogP contribution in [0.1, 0.15) is 19.8 Å². The van der Waals surface area contributed by atoms with Crippen LogP contribution in [0.15, 0.2) is 29.2 Å². The van der Waals surface area contributed by atoms with Crippen molar-refractivity contribution >= 4 is 27.4 Å². The lowest BCUT2D eigenvalue weighted by Crippen LogP contribution is -2.27. The quantitative estimate of drug-likeness (QED) is 0.512. The molecule has 128 valence electrons. The number of amides is 1. The molecule has 0 saturated carbocycles. The zero-order valence-corrected chi connectivity index (χ0v) is 14.4. The van der Waals surface area contributed by atoms with Gasteiger partial charge in [-0.15, -0.1) is 0 Å². The Bertz CT molecular complexity index is 639. The van der Waals surface area contributed by atoms with Crippen LogP contribution in [0, 0.1) is 0 Å². The Hall–Kier alpha value is -1.77. The van der Waals surface area contributed by atoms with Crippen molar-refractivity contribution in [1.29, 1.82) is 0 Å². The molecule has 1 rings (SSSR count). The van der Waals surface area contributed by atoms with Gasteiger partial charge in [0.15, 0.2) is 0 Å². The number of sulfonamides is 1. The lowest BCUT2D eigenvalue weighted by molar-refractivity contribution is -0.124. The summed E-state index contributed by atoms with van der Waals surface area (Å²) in [6, 6.07) is 5.81. The molecule has 0 aliphatic carbocycles. The van der Waals surface area contributed by atoms with Crippen LogP contribution in [0.2, 0.25) is 0 Å². The first-order chi connectivity index (χ1) is 10.7. The molecule has 0 bridgehead atoms. The zero-order chi connectivity index (χ0) is 17.5. The minimum absolute atomic E-state index is 0.131. The first kappa shape index (κ1) is 19.3. The Morgan fingerprint density at radius 2 is 1.74 bits per heavy atom. The second-order valence-corrected chi connectivity index (χ2v) is 7.27. The Kier molecular flexibility index (Phi) is 7.34. The third-order valence-corrected chi connectivity index (χ3v) is 4.41. The highest BCUT2D eigenvalue weighted by molar-refractivity contribution is 7.89. The fourth-order valence-electron chi connectivity index (χ4n) is 1.83. The van der Waals surface area contributed by atoms with Gasteiger partial charge in [-0.2, -0.15) is 0 Å². The number of nitrogens with zero attached hydrogens (tertiary/aromatic N) is 1. The number of benzene rings is 1. The number of carbonyl (C=O) groups excluding carboxylic acids is 2. The van der Waals surface area contributed by atoms with Gasteiger partial charge >= 0.3 is 0 Å². The lowest BCUT2D eigenvalue weighted by atomic mass is 10.2. The molecular weight excluding hydrogens is 318 g/mol. The van der Waals surface area contributed by atoms with Gasteiger partial charge in [0.1, 0.15) is 5.78 Å². The molecule has 0 unspecified atom stereocenters. The molecule has 0 fully saturated rings. The fourth-order valence-corrected chi connectivity index (χ4v) is 2.91. The molecule has 7 nitrogen and oxygen atoms in total. The van der Waals surface area contributed by atoms with Gasteiger partial charge in [0.05, 0.1) is 11.3 Å². The maximum absolute atomic E-state index is 12.1. The molecule has 0 aliphatic heterocycles. The van der Waals surface area contributed by atoms with Gasteiger partial charge in [-0.1, -0.05) is 0 Å². The first-order valence-electron chi connectivity index (χ1n) is 7.24. The van der Waals surface area contributed by atoms with Crippen molar-refractivity contribution in [3.63, 3.8) is 0 Å². The van der Waals surface area contributed by atoms with Gasteiger partial charge in [0.25, 0.3) is 0 Å². The Morgan fingerprint density at radius 3 is 2.26 bits per heavy atom. The molecule has 1 amide bonds. The largest absolute Gasteiger partial charge is 0.326 e. The zero-order valence-electron chi connectivity index (χ0n) is 13.6. The predicted octanol–water partition coefficient (Wildman–Crippen LogP) is 0.834. The van der Waals surface area contributed by atoms with Gasteiger partial charge in [-0.05, 0) is 58.3 Å². The molecule has 0 radical (unpaired) electrons. The average molecular weight is 341 g/mol. The fraction of sp³-hybridized carbons (Fsp3) is 0.467. The van der Waals surface area contributed by atoms with E-state index in [1.165, 1.54) is 31.2 Å². The van der Waals surface area contributed by atoms with Crippen molar-refractivity contribution in [1.82, 2.24) is 9.62 Å². The molecule has 0 aliphatic rings. The summed E-state index contributed by atoms with van der Waals surface area (Å²) >= 11 is 0. The van der Waals surface area contributed by atoms with Crippen LogP contribution in [0.3, 0.4) is 0 Å². The van der Waals surface area contributed by atoms with Crippen LogP contribution < -0.4 is 10.0 Å². The Morgan fingerprint density at radius 1 is 1.13 bits per heavy atom. The van der Waals surface area contributed by atoms with E-state index in [1.54, 1.807) is 0 Å². The van der Waals surface area contributed by atoms with E-state index in [-0.39, 0.29) is 17.1 Å². The molecule has 1 aromatic rings. The average Bonchev–Trinajstić information content (AvgIpc) is 2.43. The van der Waals surface area contributed by atoms with Crippen molar-refractivity contribution in [2.75, 3.05) is 32.5 Å². The summed E-state index contributed by atoms with van der Waals surface area (Å²) in [6.07, 6.45) is 0.513. The van der Waals surface area contributed by atoms with Crippen molar-refractivity contribution in [3.05, 3.63) is 24.3 Å².